The van der Waals surface area contributed by atoms with Crippen molar-refractivity contribution < 1.29 is 4.42 Å². The van der Waals surface area contributed by atoms with Crippen molar-refractivity contribution in [1.82, 2.24) is 0 Å². The average molecular weight is 383 g/mol. The maximum Gasteiger partial charge on any atom is 0.136 e. The Bertz CT molecular complexity index is 1110. The summed E-state index contributed by atoms with van der Waals surface area (Å²) in [5, 5.41) is 12.2. The molecular formula is C19H9BrClNO. The minimum absolute atomic E-state index is 0.560. The van der Waals surface area contributed by atoms with Crippen LogP contribution >= 0.6 is 27.5 Å². The fourth-order valence-corrected chi connectivity index (χ4v) is 3.71. The van der Waals surface area contributed by atoms with Crippen LogP contribution in [0.3, 0.4) is 0 Å². The molecule has 0 aliphatic rings. The molecule has 1 aromatic heterocycles. The molecular weight excluding hydrogens is 374 g/mol. The first-order valence-electron chi connectivity index (χ1n) is 6.98. The fourth-order valence-electron chi connectivity index (χ4n) is 2.81. The van der Waals surface area contributed by atoms with E-state index in [1.807, 2.05) is 42.5 Å². The zero-order chi connectivity index (χ0) is 16.0. The Balaban J connectivity index is 2.01. The molecule has 0 amide bonds. The maximum absolute atomic E-state index is 9.43. The third-order valence-corrected chi connectivity index (χ3v) is 4.70. The van der Waals surface area contributed by atoms with Crippen molar-refractivity contribution in [3.8, 4) is 17.2 Å². The Labute approximate surface area is 146 Å². The number of nitriles is 1. The lowest BCUT2D eigenvalue weighted by molar-refractivity contribution is 0.669. The van der Waals surface area contributed by atoms with Gasteiger partial charge in [0.2, 0.25) is 0 Å². The lowest BCUT2D eigenvalue weighted by Gasteiger charge is -2.07. The van der Waals surface area contributed by atoms with Crippen LogP contribution in [0.5, 0.6) is 0 Å². The van der Waals surface area contributed by atoms with E-state index in [-0.39, 0.29) is 0 Å². The van der Waals surface area contributed by atoms with Crippen LogP contribution in [0.1, 0.15) is 5.56 Å². The topological polar surface area (TPSA) is 36.9 Å². The van der Waals surface area contributed by atoms with Crippen LogP contribution in [0, 0.1) is 11.3 Å². The minimum atomic E-state index is 0.560. The van der Waals surface area contributed by atoms with Crippen molar-refractivity contribution in [2.24, 2.45) is 0 Å². The normalized spacial score (nSPS) is 11.0. The molecule has 23 heavy (non-hydrogen) atoms. The summed E-state index contributed by atoms with van der Waals surface area (Å²) in [6, 6.07) is 19.7. The number of fused-ring (bicyclic) bond motifs is 3. The Morgan fingerprint density at radius 1 is 0.957 bits per heavy atom. The fraction of sp³-hybridized carbons (Fsp3) is 0. The number of hydrogen-bond acceptors (Lipinski definition) is 2. The van der Waals surface area contributed by atoms with E-state index in [0.717, 1.165) is 33.1 Å². The van der Waals surface area contributed by atoms with Gasteiger partial charge in [-0.25, -0.2) is 0 Å². The monoisotopic (exact) mass is 381 g/mol. The lowest BCUT2D eigenvalue weighted by atomic mass is 9.99. The van der Waals surface area contributed by atoms with Crippen molar-refractivity contribution in [3.63, 3.8) is 0 Å². The second kappa shape index (κ2) is 5.42. The van der Waals surface area contributed by atoms with Crippen molar-refractivity contribution in [3.05, 3.63) is 69.7 Å². The highest BCUT2D eigenvalue weighted by atomic mass is 79.9. The van der Waals surface area contributed by atoms with Gasteiger partial charge in [0.15, 0.2) is 0 Å². The Hall–Kier alpha value is -2.28. The Morgan fingerprint density at radius 2 is 1.74 bits per heavy atom. The van der Waals surface area contributed by atoms with Gasteiger partial charge in [-0.3, -0.25) is 0 Å². The summed E-state index contributed by atoms with van der Waals surface area (Å²) in [6.45, 7) is 0. The summed E-state index contributed by atoms with van der Waals surface area (Å²) in [6.07, 6.45) is 0. The van der Waals surface area contributed by atoms with E-state index in [1.165, 1.54) is 0 Å². The first-order valence-corrected chi connectivity index (χ1v) is 8.15. The predicted molar refractivity (Wildman–Crippen MR) is 96.6 cm³/mol. The van der Waals surface area contributed by atoms with Crippen LogP contribution in [0.2, 0.25) is 5.02 Å². The summed E-state index contributed by atoms with van der Waals surface area (Å²) in [4.78, 5) is 0. The SMILES string of the molecule is N#Cc1c(Br)cc(Cl)cc1-c1ccc2c(c1)oc1ccccc12. The van der Waals surface area contributed by atoms with E-state index in [9.17, 15) is 5.26 Å². The molecule has 0 radical (unpaired) electrons. The molecule has 0 atom stereocenters. The lowest BCUT2D eigenvalue weighted by Crippen LogP contribution is -1.87. The van der Waals surface area contributed by atoms with Gasteiger partial charge in [-0.05, 0) is 51.8 Å². The van der Waals surface area contributed by atoms with Crippen LogP contribution in [-0.4, -0.2) is 0 Å². The van der Waals surface area contributed by atoms with E-state index in [4.69, 9.17) is 16.0 Å². The molecule has 0 fully saturated rings. The van der Waals surface area contributed by atoms with Gasteiger partial charge in [0.25, 0.3) is 0 Å². The molecule has 0 aliphatic carbocycles. The molecule has 3 aromatic carbocycles. The third kappa shape index (κ3) is 2.31. The number of nitrogens with zero attached hydrogens (tertiary/aromatic N) is 1. The van der Waals surface area contributed by atoms with E-state index in [2.05, 4.69) is 22.0 Å². The van der Waals surface area contributed by atoms with Crippen LogP contribution in [0.25, 0.3) is 33.1 Å². The molecule has 0 spiro atoms. The van der Waals surface area contributed by atoms with E-state index >= 15 is 0 Å². The number of para-hydroxylation sites is 1. The van der Waals surface area contributed by atoms with Crippen molar-refractivity contribution in [2.45, 2.75) is 0 Å². The van der Waals surface area contributed by atoms with Gasteiger partial charge in [0, 0.05) is 25.8 Å². The Kier molecular flexibility index (Phi) is 3.37. The molecule has 2 nitrogen and oxygen atoms in total. The van der Waals surface area contributed by atoms with E-state index in [0.29, 0.717) is 15.1 Å². The number of halogens is 2. The second-order valence-corrected chi connectivity index (χ2v) is 6.52. The van der Waals surface area contributed by atoms with Gasteiger partial charge in [-0.2, -0.15) is 5.26 Å². The van der Waals surface area contributed by atoms with Crippen molar-refractivity contribution >= 4 is 49.5 Å². The van der Waals surface area contributed by atoms with Gasteiger partial charge in [-0.1, -0.05) is 35.9 Å². The zero-order valence-corrected chi connectivity index (χ0v) is 14.1. The van der Waals surface area contributed by atoms with Gasteiger partial charge >= 0.3 is 0 Å². The molecule has 0 aliphatic heterocycles. The first kappa shape index (κ1) is 14.3. The molecule has 4 rings (SSSR count). The molecule has 4 aromatic rings. The molecule has 0 saturated heterocycles. The summed E-state index contributed by atoms with van der Waals surface area (Å²) in [5.74, 6) is 0. The number of benzene rings is 3. The highest BCUT2D eigenvalue weighted by Gasteiger charge is 2.13. The van der Waals surface area contributed by atoms with Gasteiger partial charge in [-0.15, -0.1) is 0 Å². The minimum Gasteiger partial charge on any atom is -0.456 e. The second-order valence-electron chi connectivity index (χ2n) is 5.23. The van der Waals surface area contributed by atoms with Gasteiger partial charge < -0.3 is 4.42 Å². The van der Waals surface area contributed by atoms with Gasteiger partial charge in [0.05, 0.1) is 5.56 Å². The van der Waals surface area contributed by atoms with Gasteiger partial charge in [0.1, 0.15) is 17.2 Å². The van der Waals surface area contributed by atoms with Crippen LogP contribution < -0.4 is 0 Å². The molecule has 0 saturated carbocycles. The molecule has 0 N–H and O–H groups in total. The molecule has 1 heterocycles. The summed E-state index contributed by atoms with van der Waals surface area (Å²) >= 11 is 9.55. The average Bonchev–Trinajstić information content (AvgIpc) is 2.91. The van der Waals surface area contributed by atoms with E-state index < -0.39 is 0 Å². The smallest absolute Gasteiger partial charge is 0.136 e. The standard InChI is InChI=1S/C19H9BrClNO/c20-17-9-12(21)8-15(16(17)10-22)11-5-6-14-13-3-1-2-4-18(13)23-19(14)7-11/h1-9H. The molecule has 4 heteroatoms. The highest BCUT2D eigenvalue weighted by molar-refractivity contribution is 9.10. The largest absolute Gasteiger partial charge is 0.456 e. The third-order valence-electron chi connectivity index (χ3n) is 3.86. The zero-order valence-electron chi connectivity index (χ0n) is 11.8. The molecule has 0 bridgehead atoms. The number of rotatable bonds is 1. The van der Waals surface area contributed by atoms with Crippen LogP contribution in [-0.2, 0) is 0 Å². The predicted octanol–water partition coefficient (Wildman–Crippen LogP) is 6.54. The number of furan rings is 1. The summed E-state index contributed by atoms with van der Waals surface area (Å²) in [5.41, 5.74) is 3.89. The first-order chi connectivity index (χ1) is 11.2. The highest BCUT2D eigenvalue weighted by Crippen LogP contribution is 2.36. The van der Waals surface area contributed by atoms with Crippen molar-refractivity contribution in [2.75, 3.05) is 0 Å². The maximum atomic E-state index is 9.43. The summed E-state index contributed by atoms with van der Waals surface area (Å²) in [7, 11) is 0. The van der Waals surface area contributed by atoms with Crippen LogP contribution in [0.4, 0.5) is 0 Å². The quantitative estimate of drug-likeness (QED) is 0.375. The molecule has 110 valence electrons. The summed E-state index contributed by atoms with van der Waals surface area (Å²) < 4.78 is 6.61. The molecule has 0 unspecified atom stereocenters. The van der Waals surface area contributed by atoms with Crippen LogP contribution in [0.15, 0.2) is 63.5 Å². The van der Waals surface area contributed by atoms with Crippen molar-refractivity contribution in [1.29, 1.82) is 5.26 Å². The Morgan fingerprint density at radius 3 is 2.57 bits per heavy atom. The van der Waals surface area contributed by atoms with E-state index in [1.54, 1.807) is 12.1 Å². The number of hydrogen-bond donors (Lipinski definition) is 0.